The van der Waals surface area contributed by atoms with Crippen LogP contribution >= 0.6 is 11.3 Å². The molecule has 4 rings (SSSR count). The highest BCUT2D eigenvalue weighted by molar-refractivity contribution is 7.89. The number of thiophene rings is 1. The molecule has 7 nitrogen and oxygen atoms in total. The number of sulfonamides is 1. The number of aromatic nitrogens is 1. The van der Waals surface area contributed by atoms with E-state index in [0.29, 0.717) is 18.0 Å². The highest BCUT2D eigenvalue weighted by Gasteiger charge is 2.39. The van der Waals surface area contributed by atoms with Crippen LogP contribution < -0.4 is 0 Å². The van der Waals surface area contributed by atoms with Gasteiger partial charge in [-0.3, -0.25) is 4.79 Å². The molecule has 28 heavy (non-hydrogen) atoms. The first kappa shape index (κ1) is 19.8. The number of amides is 1. The Morgan fingerprint density at radius 1 is 1.32 bits per heavy atom. The predicted molar refractivity (Wildman–Crippen MR) is 109 cm³/mol. The van der Waals surface area contributed by atoms with Crippen molar-refractivity contribution in [1.29, 1.82) is 0 Å². The predicted octanol–water partition coefficient (Wildman–Crippen LogP) is 2.64. The van der Waals surface area contributed by atoms with Gasteiger partial charge in [0.15, 0.2) is 0 Å². The molecule has 0 bridgehead atoms. The Kier molecular flexibility index (Phi) is 5.43. The number of morpholine rings is 1. The van der Waals surface area contributed by atoms with E-state index in [4.69, 9.17) is 4.74 Å². The van der Waals surface area contributed by atoms with Gasteiger partial charge >= 0.3 is 0 Å². The van der Waals surface area contributed by atoms with E-state index in [1.54, 1.807) is 24.6 Å². The first-order chi connectivity index (χ1) is 13.4. The third-order valence-corrected chi connectivity index (χ3v) is 9.02. The van der Waals surface area contributed by atoms with Gasteiger partial charge in [0.25, 0.3) is 5.91 Å². The second-order valence-electron chi connectivity index (χ2n) is 7.57. The molecule has 0 spiro atoms. The first-order valence-corrected chi connectivity index (χ1v) is 11.9. The zero-order valence-corrected chi connectivity index (χ0v) is 17.8. The van der Waals surface area contributed by atoms with Crippen LogP contribution in [0.15, 0.2) is 18.3 Å². The SMILES string of the molecule is CN(C)C(=O)c1sc2ncccc2c1C1CN(S(=O)(=O)C2CCCC2)CCO1. The van der Waals surface area contributed by atoms with Gasteiger partial charge < -0.3 is 9.64 Å². The van der Waals surface area contributed by atoms with E-state index < -0.39 is 16.1 Å². The molecule has 1 unspecified atom stereocenters. The molecular weight excluding hydrogens is 398 g/mol. The molecule has 2 aliphatic rings. The standard InChI is InChI=1S/C19H25N3O4S2/c1-21(2)19(23)17-16(14-8-5-9-20-18(14)27-17)15-12-22(10-11-26-15)28(24,25)13-6-3-4-7-13/h5,8-9,13,15H,3-4,6-7,10-12H2,1-2H3. The number of hydrogen-bond acceptors (Lipinski definition) is 6. The lowest BCUT2D eigenvalue weighted by Gasteiger charge is -2.34. The summed E-state index contributed by atoms with van der Waals surface area (Å²) in [5, 5.41) is 0.581. The Bertz CT molecular complexity index is 980. The van der Waals surface area contributed by atoms with E-state index in [1.807, 2.05) is 12.1 Å². The highest BCUT2D eigenvalue weighted by atomic mass is 32.2. The average molecular weight is 424 g/mol. The van der Waals surface area contributed by atoms with Crippen molar-refractivity contribution in [2.45, 2.75) is 37.0 Å². The van der Waals surface area contributed by atoms with Gasteiger partial charge in [-0.2, -0.15) is 4.31 Å². The molecule has 2 fully saturated rings. The monoisotopic (exact) mass is 423 g/mol. The van der Waals surface area contributed by atoms with Crippen molar-refractivity contribution in [3.63, 3.8) is 0 Å². The first-order valence-electron chi connectivity index (χ1n) is 9.59. The van der Waals surface area contributed by atoms with Crippen LogP contribution in [0.5, 0.6) is 0 Å². The molecule has 3 heterocycles. The minimum atomic E-state index is -3.34. The van der Waals surface area contributed by atoms with Crippen LogP contribution in [0.2, 0.25) is 0 Å². The molecule has 152 valence electrons. The number of rotatable bonds is 4. The average Bonchev–Trinajstić information content (AvgIpc) is 3.35. The largest absolute Gasteiger partial charge is 0.371 e. The minimum Gasteiger partial charge on any atom is -0.371 e. The van der Waals surface area contributed by atoms with Gasteiger partial charge in [-0.1, -0.05) is 18.9 Å². The van der Waals surface area contributed by atoms with Crippen LogP contribution in [0.4, 0.5) is 0 Å². The van der Waals surface area contributed by atoms with Crippen LogP contribution in [0.25, 0.3) is 10.2 Å². The smallest absolute Gasteiger partial charge is 0.263 e. The molecule has 1 saturated carbocycles. The zero-order chi connectivity index (χ0) is 19.9. The van der Waals surface area contributed by atoms with Gasteiger partial charge in [0.1, 0.15) is 9.71 Å². The molecule has 2 aromatic rings. The lowest BCUT2D eigenvalue weighted by atomic mass is 10.0. The van der Waals surface area contributed by atoms with Crippen LogP contribution in [0.3, 0.4) is 0 Å². The molecule has 0 radical (unpaired) electrons. The Hall–Kier alpha value is -1.55. The van der Waals surface area contributed by atoms with Crippen molar-refractivity contribution in [3.8, 4) is 0 Å². The maximum absolute atomic E-state index is 13.1. The van der Waals surface area contributed by atoms with E-state index in [-0.39, 0.29) is 17.7 Å². The summed E-state index contributed by atoms with van der Waals surface area (Å²) in [6, 6.07) is 3.76. The quantitative estimate of drug-likeness (QED) is 0.755. The molecule has 1 amide bonds. The van der Waals surface area contributed by atoms with E-state index >= 15 is 0 Å². The summed E-state index contributed by atoms with van der Waals surface area (Å²) in [7, 11) is 0.0790. The van der Waals surface area contributed by atoms with E-state index in [1.165, 1.54) is 16.2 Å². The number of pyridine rings is 1. The zero-order valence-electron chi connectivity index (χ0n) is 16.1. The van der Waals surface area contributed by atoms with Crippen molar-refractivity contribution in [2.24, 2.45) is 0 Å². The molecule has 1 aliphatic heterocycles. The maximum atomic E-state index is 13.1. The van der Waals surface area contributed by atoms with Crippen LogP contribution in [-0.4, -0.2) is 67.6 Å². The Morgan fingerprint density at radius 2 is 2.07 bits per heavy atom. The number of carbonyl (C=O) groups is 1. The molecule has 1 atom stereocenters. The third-order valence-electron chi connectivity index (χ3n) is 5.54. The number of hydrogen-bond donors (Lipinski definition) is 0. The summed E-state index contributed by atoms with van der Waals surface area (Å²) in [4.78, 5) is 20.0. The highest BCUT2D eigenvalue weighted by Crippen LogP contribution is 2.39. The van der Waals surface area contributed by atoms with Crippen LogP contribution in [-0.2, 0) is 14.8 Å². The van der Waals surface area contributed by atoms with E-state index in [0.717, 1.165) is 41.5 Å². The summed E-state index contributed by atoms with van der Waals surface area (Å²) >= 11 is 1.34. The van der Waals surface area contributed by atoms with E-state index in [9.17, 15) is 13.2 Å². The molecule has 2 aromatic heterocycles. The summed E-state index contributed by atoms with van der Waals surface area (Å²) in [6.45, 7) is 0.934. The molecule has 1 saturated heterocycles. The third kappa shape index (κ3) is 3.45. The summed E-state index contributed by atoms with van der Waals surface area (Å²) in [5.74, 6) is -0.114. The molecule has 0 aromatic carbocycles. The van der Waals surface area contributed by atoms with Gasteiger partial charge in [0.2, 0.25) is 10.0 Å². The number of nitrogens with zero attached hydrogens (tertiary/aromatic N) is 3. The molecule has 1 aliphatic carbocycles. The van der Waals surface area contributed by atoms with Gasteiger partial charge in [0.05, 0.1) is 18.0 Å². The van der Waals surface area contributed by atoms with Gasteiger partial charge in [0, 0.05) is 44.3 Å². The number of carbonyl (C=O) groups excluding carboxylic acids is 1. The number of fused-ring (bicyclic) bond motifs is 1. The molecule has 9 heteroatoms. The fourth-order valence-electron chi connectivity index (χ4n) is 4.06. The van der Waals surface area contributed by atoms with Crippen LogP contribution in [0.1, 0.15) is 47.0 Å². The minimum absolute atomic E-state index is 0.114. The number of ether oxygens (including phenoxy) is 1. The fraction of sp³-hybridized carbons (Fsp3) is 0.579. The topological polar surface area (TPSA) is 79.8 Å². The van der Waals surface area contributed by atoms with Crippen molar-refractivity contribution >= 4 is 37.5 Å². The Labute approximate surface area is 169 Å². The van der Waals surface area contributed by atoms with Gasteiger partial charge in [-0.15, -0.1) is 11.3 Å². The summed E-state index contributed by atoms with van der Waals surface area (Å²) in [5.41, 5.74) is 0.762. The van der Waals surface area contributed by atoms with Gasteiger partial charge in [-0.05, 0) is 18.9 Å². The lowest BCUT2D eigenvalue weighted by Crippen LogP contribution is -2.46. The lowest BCUT2D eigenvalue weighted by molar-refractivity contribution is -0.00230. The van der Waals surface area contributed by atoms with Crippen molar-refractivity contribution < 1.29 is 17.9 Å². The van der Waals surface area contributed by atoms with E-state index in [2.05, 4.69) is 4.98 Å². The van der Waals surface area contributed by atoms with Crippen molar-refractivity contribution in [2.75, 3.05) is 33.8 Å². The second kappa shape index (κ2) is 7.70. The fourth-order valence-corrected chi connectivity index (χ4v) is 7.30. The van der Waals surface area contributed by atoms with Gasteiger partial charge in [-0.25, -0.2) is 13.4 Å². The summed E-state index contributed by atoms with van der Waals surface area (Å²) < 4.78 is 33.7. The van der Waals surface area contributed by atoms with Crippen molar-refractivity contribution in [1.82, 2.24) is 14.2 Å². The Morgan fingerprint density at radius 3 is 2.79 bits per heavy atom. The normalized spacial score (nSPS) is 22.0. The molecular formula is C19H25N3O4S2. The maximum Gasteiger partial charge on any atom is 0.263 e. The molecule has 0 N–H and O–H groups in total. The van der Waals surface area contributed by atoms with Crippen molar-refractivity contribution in [3.05, 3.63) is 28.8 Å². The Balaban J connectivity index is 1.71. The van der Waals surface area contributed by atoms with Crippen LogP contribution in [0, 0.1) is 0 Å². The second-order valence-corrected chi connectivity index (χ2v) is 10.8. The summed E-state index contributed by atoms with van der Waals surface area (Å²) in [6.07, 6.45) is 4.65.